The van der Waals surface area contributed by atoms with E-state index in [1.807, 2.05) is 0 Å². The van der Waals surface area contributed by atoms with Crippen LogP contribution in [0, 0.1) is 0 Å². The largest absolute Gasteiger partial charge is 0.139 e. The molecule has 0 nitrogen and oxygen atoms in total. The molecule has 1 aromatic rings. The van der Waals surface area contributed by atoms with Gasteiger partial charge in [-0.15, -0.1) is 0 Å². The highest BCUT2D eigenvalue weighted by Gasteiger charge is 2.22. The third-order valence-electron chi connectivity index (χ3n) is 2.93. The molecule has 0 fully saturated rings. The summed E-state index contributed by atoms with van der Waals surface area (Å²) in [5, 5.41) is 0. The molecule has 2 rings (SSSR count). The fourth-order valence-corrected chi connectivity index (χ4v) is 1.94. The predicted molar refractivity (Wildman–Crippen MR) is 64.9 cm³/mol. The van der Waals surface area contributed by atoms with E-state index in [4.69, 9.17) is 0 Å². The molecule has 0 amide bonds. The molecule has 14 heavy (non-hydrogen) atoms. The number of benzene rings is 1. The average molecular weight is 182 g/mol. The monoisotopic (exact) mass is 182 g/mol. The molecule has 1 atom stereocenters. The van der Waals surface area contributed by atoms with Gasteiger partial charge in [0.25, 0.3) is 0 Å². The van der Waals surface area contributed by atoms with Crippen molar-refractivity contribution in [3.05, 3.63) is 54.1 Å². The van der Waals surface area contributed by atoms with Gasteiger partial charge in [0.05, 0.1) is 0 Å². The molecule has 0 bridgehead atoms. The molecule has 70 valence electrons. The van der Waals surface area contributed by atoms with E-state index < -0.39 is 0 Å². The Hall–Kier alpha value is -1.24. The zero-order chi connectivity index (χ0) is 10.0. The van der Waals surface area contributed by atoms with Crippen molar-refractivity contribution in [2.45, 2.75) is 18.8 Å². The van der Waals surface area contributed by atoms with Crippen LogP contribution in [-0.4, -0.2) is 7.85 Å². The molecule has 0 saturated heterocycles. The van der Waals surface area contributed by atoms with Crippen LogP contribution in [0.25, 0.3) is 0 Å². The normalized spacial score (nSPS) is 25.2. The molecule has 1 aliphatic carbocycles. The van der Waals surface area contributed by atoms with Crippen molar-refractivity contribution in [1.29, 1.82) is 0 Å². The Balaban J connectivity index is 2.39. The molecule has 0 spiro atoms. The van der Waals surface area contributed by atoms with Gasteiger partial charge in [-0.1, -0.05) is 61.0 Å². The van der Waals surface area contributed by atoms with E-state index in [1.165, 1.54) is 11.0 Å². The topological polar surface area (TPSA) is 0 Å². The Morgan fingerprint density at radius 2 is 2.14 bits per heavy atom. The Morgan fingerprint density at radius 1 is 1.29 bits per heavy atom. The molecule has 1 aromatic carbocycles. The van der Waals surface area contributed by atoms with Gasteiger partial charge in [0.1, 0.15) is 7.85 Å². The van der Waals surface area contributed by atoms with Crippen LogP contribution in [0.1, 0.15) is 18.9 Å². The molecular weight excluding hydrogens is 167 g/mol. The third-order valence-corrected chi connectivity index (χ3v) is 2.93. The van der Waals surface area contributed by atoms with Crippen molar-refractivity contribution in [2.75, 3.05) is 0 Å². The number of hydrogen-bond donors (Lipinski definition) is 0. The van der Waals surface area contributed by atoms with Gasteiger partial charge in [-0.2, -0.15) is 0 Å². The Morgan fingerprint density at radius 3 is 2.79 bits per heavy atom. The van der Waals surface area contributed by atoms with Crippen molar-refractivity contribution in [3.63, 3.8) is 0 Å². The molecular formula is C13H15B. The van der Waals surface area contributed by atoms with Crippen molar-refractivity contribution < 1.29 is 0 Å². The lowest BCUT2D eigenvalue weighted by molar-refractivity contribution is 0.600. The van der Waals surface area contributed by atoms with Crippen LogP contribution in [0.2, 0.25) is 0 Å². The minimum Gasteiger partial charge on any atom is -0.0887 e. The molecule has 1 aliphatic rings. The maximum atomic E-state index is 2.29. The van der Waals surface area contributed by atoms with Crippen LogP contribution in [0.4, 0.5) is 0 Å². The van der Waals surface area contributed by atoms with Gasteiger partial charge in [-0.3, -0.25) is 0 Å². The van der Waals surface area contributed by atoms with E-state index in [2.05, 4.69) is 63.3 Å². The molecule has 0 saturated carbocycles. The maximum Gasteiger partial charge on any atom is 0.139 e. The van der Waals surface area contributed by atoms with Crippen LogP contribution < -0.4 is 5.46 Å². The first-order valence-electron chi connectivity index (χ1n) is 5.12. The molecule has 1 unspecified atom stereocenters. The van der Waals surface area contributed by atoms with Crippen molar-refractivity contribution in [2.24, 2.45) is 0 Å². The van der Waals surface area contributed by atoms with Crippen molar-refractivity contribution in [1.82, 2.24) is 0 Å². The van der Waals surface area contributed by atoms with Crippen molar-refractivity contribution >= 4 is 13.3 Å². The molecule has 0 aromatic heterocycles. The molecule has 1 heteroatoms. The lowest BCUT2D eigenvalue weighted by Gasteiger charge is -2.27. The van der Waals surface area contributed by atoms with Crippen LogP contribution in [0.15, 0.2) is 48.6 Å². The summed E-state index contributed by atoms with van der Waals surface area (Å²) < 4.78 is 0. The van der Waals surface area contributed by atoms with Crippen LogP contribution in [0.3, 0.4) is 0 Å². The second-order valence-electron chi connectivity index (χ2n) is 4.28. The summed E-state index contributed by atoms with van der Waals surface area (Å²) in [6, 6.07) is 8.79. The average Bonchev–Trinajstić information content (AvgIpc) is 2.19. The summed E-state index contributed by atoms with van der Waals surface area (Å²) in [6.07, 6.45) is 9.90. The van der Waals surface area contributed by atoms with Gasteiger partial charge < -0.3 is 0 Å². The fourth-order valence-electron chi connectivity index (χ4n) is 1.94. The van der Waals surface area contributed by atoms with Gasteiger partial charge in [0.2, 0.25) is 0 Å². The number of rotatable bonds is 1. The summed E-state index contributed by atoms with van der Waals surface area (Å²) in [5.41, 5.74) is 2.95. The Kier molecular flexibility index (Phi) is 2.32. The smallest absolute Gasteiger partial charge is 0.0887 e. The first-order valence-corrected chi connectivity index (χ1v) is 5.12. The van der Waals surface area contributed by atoms with Crippen LogP contribution >= 0.6 is 0 Å². The standard InChI is InChI=1S/C13H15B/c1-13(8-3-2-4-9-13)11-6-5-7-12(14)10-11/h2-8,10H,9,14H2,1H3. The highest BCUT2D eigenvalue weighted by molar-refractivity contribution is 6.32. The minimum absolute atomic E-state index is 0.195. The summed E-state index contributed by atoms with van der Waals surface area (Å²) in [6.45, 7) is 2.29. The molecule has 0 N–H and O–H groups in total. The van der Waals surface area contributed by atoms with Gasteiger partial charge in [0, 0.05) is 5.41 Å². The first kappa shape index (κ1) is 9.33. The van der Waals surface area contributed by atoms with Crippen LogP contribution in [0.5, 0.6) is 0 Å². The highest BCUT2D eigenvalue weighted by atomic mass is 14.3. The molecule has 0 radical (unpaired) electrons. The predicted octanol–water partition coefficient (Wildman–Crippen LogP) is 1.72. The quantitative estimate of drug-likeness (QED) is 0.580. The van der Waals surface area contributed by atoms with E-state index in [0.29, 0.717) is 0 Å². The van der Waals surface area contributed by atoms with E-state index in [-0.39, 0.29) is 5.41 Å². The van der Waals surface area contributed by atoms with E-state index in [9.17, 15) is 0 Å². The maximum absolute atomic E-state index is 2.29. The summed E-state index contributed by atoms with van der Waals surface area (Å²) >= 11 is 0. The minimum atomic E-state index is 0.195. The first-order chi connectivity index (χ1) is 6.71. The fraction of sp³-hybridized carbons (Fsp3) is 0.231. The van der Waals surface area contributed by atoms with Gasteiger partial charge >= 0.3 is 0 Å². The lowest BCUT2D eigenvalue weighted by atomic mass is 9.76. The van der Waals surface area contributed by atoms with E-state index in [0.717, 1.165) is 6.42 Å². The summed E-state index contributed by atoms with van der Waals surface area (Å²) in [7, 11) is 2.15. The van der Waals surface area contributed by atoms with Gasteiger partial charge in [0.15, 0.2) is 0 Å². The van der Waals surface area contributed by atoms with E-state index in [1.54, 1.807) is 0 Å². The second kappa shape index (κ2) is 3.49. The van der Waals surface area contributed by atoms with E-state index >= 15 is 0 Å². The zero-order valence-corrected chi connectivity index (χ0v) is 8.83. The lowest BCUT2D eigenvalue weighted by Crippen LogP contribution is -2.21. The Labute approximate surface area is 86.8 Å². The Bertz CT molecular complexity index is 390. The second-order valence-corrected chi connectivity index (χ2v) is 4.28. The highest BCUT2D eigenvalue weighted by Crippen LogP contribution is 2.31. The zero-order valence-electron chi connectivity index (χ0n) is 8.83. The summed E-state index contributed by atoms with van der Waals surface area (Å²) in [5.74, 6) is 0. The molecule has 0 heterocycles. The van der Waals surface area contributed by atoms with Crippen LogP contribution in [-0.2, 0) is 5.41 Å². The molecule has 0 aliphatic heterocycles. The van der Waals surface area contributed by atoms with Crippen molar-refractivity contribution in [3.8, 4) is 0 Å². The summed E-state index contributed by atoms with van der Waals surface area (Å²) in [4.78, 5) is 0. The SMILES string of the molecule is Bc1cccc(C2(C)C=CC=CC2)c1. The number of allylic oxidation sites excluding steroid dienone is 4. The number of hydrogen-bond acceptors (Lipinski definition) is 0. The van der Waals surface area contributed by atoms with Gasteiger partial charge in [-0.25, -0.2) is 0 Å². The van der Waals surface area contributed by atoms with Gasteiger partial charge in [-0.05, 0) is 12.0 Å². The third kappa shape index (κ3) is 1.67.